The third kappa shape index (κ3) is 2.13. The lowest BCUT2D eigenvalue weighted by Crippen LogP contribution is -2.61. The molecule has 0 aromatic rings. The fraction of sp³-hybridized carbons (Fsp3) is 0.692. The second-order valence-corrected chi connectivity index (χ2v) is 9.83. The average Bonchev–Trinajstić information content (AvgIpc) is 2.64. The molecule has 1 amide bonds. The molecule has 0 spiro atoms. The first-order chi connectivity index (χ1) is 9.22. The quantitative estimate of drug-likeness (QED) is 0.616. The summed E-state index contributed by atoms with van der Waals surface area (Å²) in [6.07, 6.45) is 3.87. The molecule has 3 atom stereocenters. The molecule has 2 rings (SSSR count). The molecule has 20 heavy (non-hydrogen) atoms. The molecular weight excluding hydrogens is 280 g/mol. The van der Waals surface area contributed by atoms with Gasteiger partial charge in [-0.1, -0.05) is 0 Å². The van der Waals surface area contributed by atoms with Gasteiger partial charge in [-0.3, -0.25) is 4.79 Å². The van der Waals surface area contributed by atoms with E-state index < -0.39 is 28.0 Å². The zero-order valence-corrected chi connectivity index (χ0v) is 12.8. The highest BCUT2D eigenvalue weighted by Gasteiger charge is 2.57. The Labute approximate surface area is 119 Å². The third-order valence-electron chi connectivity index (χ3n) is 4.19. The van der Waals surface area contributed by atoms with E-state index in [1.165, 1.54) is 4.90 Å². The smallest absolute Gasteiger partial charge is 0.353 e. The van der Waals surface area contributed by atoms with Crippen molar-refractivity contribution in [1.29, 1.82) is 0 Å². The third-order valence-corrected chi connectivity index (χ3v) is 7.14. The van der Waals surface area contributed by atoms with Crippen LogP contribution in [0.15, 0.2) is 10.6 Å². The first-order valence-electron chi connectivity index (χ1n) is 6.61. The molecule has 0 saturated carbocycles. The minimum absolute atomic E-state index is 0.130. The van der Waals surface area contributed by atoms with Gasteiger partial charge in [0.05, 0.1) is 18.1 Å². The summed E-state index contributed by atoms with van der Waals surface area (Å²) in [5, 5.41) is 19.1. The molecule has 2 heterocycles. The highest BCUT2D eigenvalue weighted by molar-refractivity contribution is 8.35. The number of nitrogens with zero attached hydrogens (tertiary/aromatic N) is 1. The van der Waals surface area contributed by atoms with E-state index in [1.54, 1.807) is 6.92 Å². The van der Waals surface area contributed by atoms with Crippen molar-refractivity contribution in [3.63, 3.8) is 0 Å². The van der Waals surface area contributed by atoms with E-state index in [9.17, 15) is 19.8 Å². The van der Waals surface area contributed by atoms with Crippen LogP contribution in [0.4, 0.5) is 0 Å². The Bertz CT molecular complexity index is 487. The molecule has 4 N–H and O–H groups in total. The van der Waals surface area contributed by atoms with Gasteiger partial charge in [-0.15, -0.1) is 0 Å². The zero-order chi connectivity index (χ0) is 15.2. The summed E-state index contributed by atoms with van der Waals surface area (Å²) >= 11 is 0. The van der Waals surface area contributed by atoms with Gasteiger partial charge in [-0.05, 0) is 25.2 Å². The van der Waals surface area contributed by atoms with Gasteiger partial charge in [0.2, 0.25) is 5.91 Å². The summed E-state index contributed by atoms with van der Waals surface area (Å²) in [6, 6.07) is -0.201. The van der Waals surface area contributed by atoms with Crippen molar-refractivity contribution in [3.05, 3.63) is 10.6 Å². The van der Waals surface area contributed by atoms with Gasteiger partial charge in [0, 0.05) is 17.9 Å². The number of aliphatic hydroxyl groups is 1. The molecule has 114 valence electrons. The number of hydrogen-bond donors (Lipinski definition) is 3. The standard InChI is InChI=1S/C13H22N2O4S/c1-7(16)10-8-6-9(20(2,3)5-4-14)11(13(18)19)15(8)12(10)17/h7-8,10,16H,4-6,14H2,1-3H3,(H,18,19)/t7-,8-,10-/m1/s1. The van der Waals surface area contributed by atoms with E-state index in [-0.39, 0.29) is 17.6 Å². The summed E-state index contributed by atoms with van der Waals surface area (Å²) in [7, 11) is -1.30. The van der Waals surface area contributed by atoms with Crippen LogP contribution in [0.3, 0.4) is 0 Å². The number of amides is 1. The maximum atomic E-state index is 12.1. The van der Waals surface area contributed by atoms with Crippen LogP contribution in [0.5, 0.6) is 0 Å². The molecule has 1 fully saturated rings. The summed E-state index contributed by atoms with van der Waals surface area (Å²) in [4.78, 5) is 25.8. The van der Waals surface area contributed by atoms with E-state index in [4.69, 9.17) is 5.73 Å². The Morgan fingerprint density at radius 3 is 2.60 bits per heavy atom. The largest absolute Gasteiger partial charge is 0.477 e. The highest BCUT2D eigenvalue weighted by atomic mass is 32.3. The van der Waals surface area contributed by atoms with Crippen LogP contribution in [-0.4, -0.2) is 63.9 Å². The van der Waals surface area contributed by atoms with Crippen LogP contribution in [0.25, 0.3) is 0 Å². The van der Waals surface area contributed by atoms with Gasteiger partial charge in [-0.25, -0.2) is 14.8 Å². The molecule has 0 aromatic carbocycles. The number of aliphatic carboxylic acids is 1. The summed E-state index contributed by atoms with van der Waals surface area (Å²) in [5.74, 6) is -1.07. The molecule has 0 bridgehead atoms. The number of carbonyl (C=O) groups is 2. The topological polar surface area (TPSA) is 104 Å². The predicted molar refractivity (Wildman–Crippen MR) is 78.4 cm³/mol. The molecule has 0 aromatic heterocycles. The van der Waals surface area contributed by atoms with Gasteiger partial charge in [-0.2, -0.15) is 0 Å². The predicted octanol–water partition coefficient (Wildman–Crippen LogP) is -0.0830. The number of carboxylic acid groups (broad SMARTS) is 1. The number of aliphatic hydroxyl groups excluding tert-OH is 1. The van der Waals surface area contributed by atoms with E-state index in [0.717, 1.165) is 10.7 Å². The van der Waals surface area contributed by atoms with Gasteiger partial charge < -0.3 is 20.8 Å². The monoisotopic (exact) mass is 302 g/mol. The molecule has 0 radical (unpaired) electrons. The van der Waals surface area contributed by atoms with Crippen molar-refractivity contribution < 1.29 is 19.8 Å². The normalized spacial score (nSPS) is 28.2. The van der Waals surface area contributed by atoms with Gasteiger partial charge in [0.1, 0.15) is 5.70 Å². The Morgan fingerprint density at radius 1 is 1.55 bits per heavy atom. The van der Waals surface area contributed by atoms with E-state index in [0.29, 0.717) is 13.0 Å². The molecule has 0 aliphatic carbocycles. The zero-order valence-electron chi connectivity index (χ0n) is 12.0. The van der Waals surface area contributed by atoms with E-state index in [2.05, 4.69) is 0 Å². The average molecular weight is 302 g/mol. The number of nitrogens with two attached hydrogens (primary N) is 1. The van der Waals surface area contributed by atoms with Crippen LogP contribution in [0.1, 0.15) is 13.3 Å². The second kappa shape index (κ2) is 5.05. The van der Waals surface area contributed by atoms with Crippen molar-refractivity contribution in [2.45, 2.75) is 25.5 Å². The fourth-order valence-electron chi connectivity index (χ4n) is 3.14. The molecule has 0 unspecified atom stereocenters. The molecule has 2 aliphatic rings. The molecule has 7 heteroatoms. The fourth-order valence-corrected chi connectivity index (χ4v) is 5.30. The first kappa shape index (κ1) is 15.3. The van der Waals surface area contributed by atoms with Gasteiger partial charge in [0.25, 0.3) is 0 Å². The Balaban J connectivity index is 2.38. The SMILES string of the molecule is C[C@@H](O)[C@H]1C(=O)N2C(C(=O)O)=C(S(C)(C)CCN)C[C@H]12. The number of carbonyl (C=O) groups excluding carboxylic acids is 1. The van der Waals surface area contributed by atoms with Crippen LogP contribution in [-0.2, 0) is 9.59 Å². The number of β-lactam (4-membered cyclic amide) rings is 1. The second-order valence-electron chi connectivity index (χ2n) is 5.85. The lowest BCUT2D eigenvalue weighted by atomic mass is 9.83. The van der Waals surface area contributed by atoms with Crippen LogP contribution >= 0.6 is 10.0 Å². The minimum atomic E-state index is -1.30. The van der Waals surface area contributed by atoms with Crippen LogP contribution in [0, 0.1) is 5.92 Å². The Hall–Kier alpha value is -1.05. The number of fused-ring (bicyclic) bond motifs is 1. The van der Waals surface area contributed by atoms with Gasteiger partial charge >= 0.3 is 5.97 Å². The summed E-state index contributed by atoms with van der Waals surface area (Å²) < 4.78 is 0. The lowest BCUT2D eigenvalue weighted by molar-refractivity contribution is -0.161. The summed E-state index contributed by atoms with van der Waals surface area (Å²) in [5.41, 5.74) is 5.75. The summed E-state index contributed by atoms with van der Waals surface area (Å²) in [6.45, 7) is 2.08. The molecular formula is C13H22N2O4S. The van der Waals surface area contributed by atoms with Crippen molar-refractivity contribution in [1.82, 2.24) is 4.90 Å². The lowest BCUT2D eigenvalue weighted by Gasteiger charge is -2.44. The number of carboxylic acids is 1. The van der Waals surface area contributed by atoms with Crippen LogP contribution in [0.2, 0.25) is 0 Å². The van der Waals surface area contributed by atoms with E-state index in [1.807, 2.05) is 12.5 Å². The van der Waals surface area contributed by atoms with Crippen LogP contribution < -0.4 is 5.73 Å². The van der Waals surface area contributed by atoms with Crippen molar-refractivity contribution in [3.8, 4) is 0 Å². The van der Waals surface area contributed by atoms with Gasteiger partial charge in [0.15, 0.2) is 0 Å². The Kier molecular flexibility index (Phi) is 3.88. The molecule has 6 nitrogen and oxygen atoms in total. The van der Waals surface area contributed by atoms with Crippen molar-refractivity contribution in [2.24, 2.45) is 11.7 Å². The number of hydrogen-bond acceptors (Lipinski definition) is 4. The maximum Gasteiger partial charge on any atom is 0.353 e. The maximum absolute atomic E-state index is 12.1. The number of rotatable bonds is 5. The molecule has 1 saturated heterocycles. The molecule has 2 aliphatic heterocycles. The first-order valence-corrected chi connectivity index (χ1v) is 9.23. The Morgan fingerprint density at radius 2 is 2.15 bits per heavy atom. The van der Waals surface area contributed by atoms with Crippen molar-refractivity contribution in [2.75, 3.05) is 24.8 Å². The van der Waals surface area contributed by atoms with Crippen molar-refractivity contribution >= 4 is 21.9 Å². The highest BCUT2D eigenvalue weighted by Crippen LogP contribution is 2.58. The minimum Gasteiger partial charge on any atom is -0.477 e. The van der Waals surface area contributed by atoms with E-state index >= 15 is 0 Å².